The van der Waals surface area contributed by atoms with Gasteiger partial charge in [-0.25, -0.2) is 0 Å². The molecule has 1 fully saturated rings. The van der Waals surface area contributed by atoms with Crippen molar-refractivity contribution in [1.29, 1.82) is 0 Å². The molecule has 118 valence electrons. The summed E-state index contributed by atoms with van der Waals surface area (Å²) in [5.74, 6) is 0.0782. The Morgan fingerprint density at radius 2 is 2.14 bits per heavy atom. The van der Waals surface area contributed by atoms with Gasteiger partial charge in [0, 0.05) is 24.8 Å². The molecule has 21 heavy (non-hydrogen) atoms. The SMILES string of the molecule is CCCC(C)(N)C(=O)N1CCCC1c1c(C)nn(C)c1C. The molecule has 1 aliphatic heterocycles. The van der Waals surface area contributed by atoms with E-state index in [-0.39, 0.29) is 11.9 Å². The van der Waals surface area contributed by atoms with Crippen LogP contribution in [0, 0.1) is 13.8 Å². The molecule has 2 N–H and O–H groups in total. The van der Waals surface area contributed by atoms with Crippen LogP contribution in [0.2, 0.25) is 0 Å². The minimum atomic E-state index is -0.763. The van der Waals surface area contributed by atoms with Gasteiger partial charge < -0.3 is 10.6 Å². The van der Waals surface area contributed by atoms with Crippen molar-refractivity contribution < 1.29 is 4.79 Å². The van der Waals surface area contributed by atoms with E-state index >= 15 is 0 Å². The van der Waals surface area contributed by atoms with E-state index in [9.17, 15) is 4.79 Å². The van der Waals surface area contributed by atoms with Crippen molar-refractivity contribution in [3.05, 3.63) is 17.0 Å². The first-order valence-corrected chi connectivity index (χ1v) is 7.89. The zero-order valence-electron chi connectivity index (χ0n) is 13.9. The number of amides is 1. The lowest BCUT2D eigenvalue weighted by Gasteiger charge is -2.33. The molecule has 1 saturated heterocycles. The number of aryl methyl sites for hydroxylation is 2. The van der Waals surface area contributed by atoms with Crippen molar-refractivity contribution in [2.75, 3.05) is 6.54 Å². The van der Waals surface area contributed by atoms with E-state index in [1.807, 2.05) is 30.5 Å². The summed E-state index contributed by atoms with van der Waals surface area (Å²) in [5.41, 5.74) is 8.87. The first-order chi connectivity index (χ1) is 9.79. The van der Waals surface area contributed by atoms with E-state index in [1.54, 1.807) is 0 Å². The Morgan fingerprint density at radius 3 is 2.67 bits per heavy atom. The van der Waals surface area contributed by atoms with Gasteiger partial charge in [0.05, 0.1) is 17.3 Å². The van der Waals surface area contributed by atoms with Crippen molar-refractivity contribution in [2.45, 2.75) is 65.0 Å². The second-order valence-corrected chi connectivity index (χ2v) is 6.53. The summed E-state index contributed by atoms with van der Waals surface area (Å²) in [6.45, 7) is 8.82. The van der Waals surface area contributed by atoms with Crippen LogP contribution in [-0.2, 0) is 11.8 Å². The molecule has 0 spiro atoms. The highest BCUT2D eigenvalue weighted by Crippen LogP contribution is 2.36. The van der Waals surface area contributed by atoms with Crippen molar-refractivity contribution in [3.8, 4) is 0 Å². The average molecular weight is 292 g/mol. The van der Waals surface area contributed by atoms with Crippen molar-refractivity contribution >= 4 is 5.91 Å². The number of hydrogen-bond donors (Lipinski definition) is 1. The molecular weight excluding hydrogens is 264 g/mol. The molecule has 5 heteroatoms. The topological polar surface area (TPSA) is 64.2 Å². The maximum Gasteiger partial charge on any atom is 0.242 e. The zero-order chi connectivity index (χ0) is 15.8. The largest absolute Gasteiger partial charge is 0.334 e. The maximum absolute atomic E-state index is 12.8. The number of nitrogens with two attached hydrogens (primary N) is 1. The summed E-state index contributed by atoms with van der Waals surface area (Å²) in [7, 11) is 1.96. The number of aromatic nitrogens is 2. The molecule has 1 aromatic heterocycles. The zero-order valence-corrected chi connectivity index (χ0v) is 13.9. The third-order valence-corrected chi connectivity index (χ3v) is 4.67. The van der Waals surface area contributed by atoms with Gasteiger partial charge >= 0.3 is 0 Å². The van der Waals surface area contributed by atoms with Gasteiger partial charge in [0.15, 0.2) is 0 Å². The Bertz CT molecular complexity index is 533. The summed E-state index contributed by atoms with van der Waals surface area (Å²) in [4.78, 5) is 14.8. The molecule has 5 nitrogen and oxygen atoms in total. The molecule has 2 heterocycles. The Balaban J connectivity index is 2.31. The Morgan fingerprint density at radius 1 is 1.48 bits per heavy atom. The maximum atomic E-state index is 12.8. The summed E-state index contributed by atoms with van der Waals surface area (Å²) < 4.78 is 1.90. The second kappa shape index (κ2) is 5.79. The van der Waals surface area contributed by atoms with Crippen LogP contribution in [0.4, 0.5) is 0 Å². The van der Waals surface area contributed by atoms with E-state index in [0.717, 1.165) is 43.6 Å². The fourth-order valence-electron chi connectivity index (χ4n) is 3.54. The number of hydrogen-bond acceptors (Lipinski definition) is 3. The molecule has 0 radical (unpaired) electrons. The van der Waals surface area contributed by atoms with Gasteiger partial charge in [-0.05, 0) is 40.0 Å². The van der Waals surface area contributed by atoms with Gasteiger partial charge in [-0.15, -0.1) is 0 Å². The molecule has 0 saturated carbocycles. The van der Waals surface area contributed by atoms with Crippen molar-refractivity contribution in [1.82, 2.24) is 14.7 Å². The van der Waals surface area contributed by atoms with Crippen LogP contribution in [0.1, 0.15) is 62.5 Å². The standard InChI is InChI=1S/C16H28N4O/c1-6-9-16(4,17)15(21)20-10-7-8-13(20)14-11(2)18-19(5)12(14)3/h13H,6-10,17H2,1-5H3. The number of likely N-dealkylation sites (tertiary alicyclic amines) is 1. The van der Waals surface area contributed by atoms with E-state index in [0.29, 0.717) is 0 Å². The summed E-state index contributed by atoms with van der Waals surface area (Å²) in [5, 5.41) is 4.49. The first kappa shape index (κ1) is 16.0. The Hall–Kier alpha value is -1.36. The number of rotatable bonds is 4. The summed E-state index contributed by atoms with van der Waals surface area (Å²) in [6, 6.07) is 0.130. The Kier molecular flexibility index (Phi) is 4.42. The van der Waals surface area contributed by atoms with Crippen LogP contribution in [0.5, 0.6) is 0 Å². The molecule has 0 aliphatic carbocycles. The predicted octanol–water partition coefficient (Wildman–Crippen LogP) is 2.22. The third-order valence-electron chi connectivity index (χ3n) is 4.67. The quantitative estimate of drug-likeness (QED) is 0.925. The number of nitrogens with zero attached hydrogens (tertiary/aromatic N) is 3. The first-order valence-electron chi connectivity index (χ1n) is 7.89. The van der Waals surface area contributed by atoms with Crippen LogP contribution < -0.4 is 5.73 Å². The monoisotopic (exact) mass is 292 g/mol. The lowest BCUT2D eigenvalue weighted by Crippen LogP contribution is -2.53. The fraction of sp³-hybridized carbons (Fsp3) is 0.750. The normalized spacial score (nSPS) is 21.6. The van der Waals surface area contributed by atoms with Crippen LogP contribution in [-0.4, -0.2) is 32.7 Å². The smallest absolute Gasteiger partial charge is 0.242 e. The molecule has 1 amide bonds. The van der Waals surface area contributed by atoms with E-state index in [4.69, 9.17) is 5.73 Å². The summed E-state index contributed by atoms with van der Waals surface area (Å²) >= 11 is 0. The highest BCUT2D eigenvalue weighted by Gasteiger charge is 2.39. The van der Waals surface area contributed by atoms with E-state index in [1.165, 1.54) is 5.56 Å². The minimum Gasteiger partial charge on any atom is -0.334 e. The van der Waals surface area contributed by atoms with E-state index in [2.05, 4.69) is 18.9 Å². The van der Waals surface area contributed by atoms with Crippen LogP contribution in [0.3, 0.4) is 0 Å². The van der Waals surface area contributed by atoms with E-state index < -0.39 is 5.54 Å². The van der Waals surface area contributed by atoms with Crippen LogP contribution in [0.25, 0.3) is 0 Å². The van der Waals surface area contributed by atoms with Gasteiger partial charge in [-0.3, -0.25) is 9.48 Å². The molecular formula is C16H28N4O. The summed E-state index contributed by atoms with van der Waals surface area (Å²) in [6.07, 6.45) is 3.68. The van der Waals surface area contributed by atoms with Gasteiger partial charge in [0.2, 0.25) is 5.91 Å². The predicted molar refractivity (Wildman–Crippen MR) is 83.9 cm³/mol. The molecule has 2 unspecified atom stereocenters. The van der Waals surface area contributed by atoms with Crippen LogP contribution in [0.15, 0.2) is 0 Å². The lowest BCUT2D eigenvalue weighted by molar-refractivity contribution is -0.137. The third kappa shape index (κ3) is 2.84. The number of carbonyl (C=O) groups excluding carboxylic acids is 1. The van der Waals surface area contributed by atoms with Gasteiger partial charge in [-0.1, -0.05) is 13.3 Å². The lowest BCUT2D eigenvalue weighted by atomic mass is 9.94. The van der Waals surface area contributed by atoms with Crippen molar-refractivity contribution in [2.24, 2.45) is 12.8 Å². The van der Waals surface area contributed by atoms with Gasteiger partial charge in [0.25, 0.3) is 0 Å². The average Bonchev–Trinajstić information content (AvgIpc) is 2.94. The molecule has 2 atom stereocenters. The minimum absolute atomic E-state index is 0.0782. The highest BCUT2D eigenvalue weighted by atomic mass is 16.2. The van der Waals surface area contributed by atoms with Crippen LogP contribution >= 0.6 is 0 Å². The highest BCUT2D eigenvalue weighted by molar-refractivity contribution is 5.86. The molecule has 0 bridgehead atoms. The second-order valence-electron chi connectivity index (χ2n) is 6.53. The molecule has 1 aromatic rings. The molecule has 2 rings (SSSR count). The van der Waals surface area contributed by atoms with Crippen molar-refractivity contribution in [3.63, 3.8) is 0 Å². The number of carbonyl (C=O) groups is 1. The fourth-order valence-corrected chi connectivity index (χ4v) is 3.54. The molecule has 0 aromatic carbocycles. The van der Waals surface area contributed by atoms with Gasteiger partial charge in [-0.2, -0.15) is 5.10 Å². The Labute approximate surface area is 127 Å². The molecule has 1 aliphatic rings. The van der Waals surface area contributed by atoms with Gasteiger partial charge in [0.1, 0.15) is 0 Å².